The number of rotatable bonds is 4. The maximum atomic E-state index is 11.0. The summed E-state index contributed by atoms with van der Waals surface area (Å²) in [5.41, 5.74) is 1.73. The van der Waals surface area contributed by atoms with Crippen LogP contribution in [0.3, 0.4) is 0 Å². The van der Waals surface area contributed by atoms with Crippen molar-refractivity contribution in [2.45, 2.75) is 19.4 Å². The number of hydrogen-bond donors (Lipinski definition) is 1. The number of nitro groups is 1. The molecule has 1 fully saturated rings. The summed E-state index contributed by atoms with van der Waals surface area (Å²) in [4.78, 5) is 12.8. The van der Waals surface area contributed by atoms with Crippen molar-refractivity contribution in [1.29, 1.82) is 0 Å². The Kier molecular flexibility index (Phi) is 4.44. The summed E-state index contributed by atoms with van der Waals surface area (Å²) in [7, 11) is 3.48. The maximum Gasteiger partial charge on any atom is 0.273 e. The molecule has 0 saturated carbocycles. The minimum Gasteiger partial charge on any atom is -0.388 e. The molecule has 20 heavy (non-hydrogen) atoms. The first-order valence-electron chi connectivity index (χ1n) is 6.80. The molecule has 0 amide bonds. The lowest BCUT2D eigenvalue weighted by Crippen LogP contribution is -2.43. The van der Waals surface area contributed by atoms with Gasteiger partial charge in [-0.05, 0) is 18.4 Å². The third-order valence-electron chi connectivity index (χ3n) is 3.96. The maximum absolute atomic E-state index is 11.0. The van der Waals surface area contributed by atoms with E-state index in [4.69, 9.17) is 4.74 Å². The largest absolute Gasteiger partial charge is 0.388 e. The Hall–Kier alpha value is -1.82. The highest BCUT2D eigenvalue weighted by molar-refractivity contribution is 5.64. The summed E-state index contributed by atoms with van der Waals surface area (Å²) < 4.78 is 5.50. The van der Waals surface area contributed by atoms with Crippen molar-refractivity contribution in [1.82, 2.24) is 0 Å². The van der Waals surface area contributed by atoms with E-state index < -0.39 is 0 Å². The molecule has 0 aromatic heterocycles. The van der Waals surface area contributed by atoms with Crippen LogP contribution in [0, 0.1) is 16.0 Å². The molecule has 2 unspecified atom stereocenters. The van der Waals surface area contributed by atoms with Crippen LogP contribution in [0.5, 0.6) is 0 Å². The average Bonchev–Trinajstić information content (AvgIpc) is 2.47. The van der Waals surface area contributed by atoms with Crippen LogP contribution in [0.25, 0.3) is 0 Å². The number of ether oxygens (including phenoxy) is 1. The lowest BCUT2D eigenvalue weighted by molar-refractivity contribution is -0.384. The topological polar surface area (TPSA) is 67.6 Å². The van der Waals surface area contributed by atoms with Crippen LogP contribution >= 0.6 is 0 Å². The van der Waals surface area contributed by atoms with Gasteiger partial charge in [0.15, 0.2) is 0 Å². The van der Waals surface area contributed by atoms with Crippen molar-refractivity contribution in [3.05, 3.63) is 28.3 Å². The normalized spacial score (nSPS) is 22.6. The fraction of sp³-hybridized carbons (Fsp3) is 0.571. The van der Waals surface area contributed by atoms with E-state index in [0.717, 1.165) is 30.9 Å². The second kappa shape index (κ2) is 6.09. The molecule has 2 rings (SSSR count). The number of benzene rings is 1. The molecule has 0 bridgehead atoms. The molecule has 1 aliphatic heterocycles. The zero-order valence-corrected chi connectivity index (χ0v) is 12.1. The number of nitro benzene ring substituents is 1. The van der Waals surface area contributed by atoms with Gasteiger partial charge in [0.1, 0.15) is 0 Å². The highest BCUT2D eigenvalue weighted by Gasteiger charge is 2.27. The van der Waals surface area contributed by atoms with E-state index in [1.54, 1.807) is 26.3 Å². The minimum atomic E-state index is -0.356. The lowest BCUT2D eigenvalue weighted by Gasteiger charge is -2.37. The molecule has 6 heteroatoms. The van der Waals surface area contributed by atoms with Crippen molar-refractivity contribution in [2.75, 3.05) is 37.5 Å². The Morgan fingerprint density at radius 3 is 2.80 bits per heavy atom. The molecule has 0 radical (unpaired) electrons. The van der Waals surface area contributed by atoms with Gasteiger partial charge in [0.25, 0.3) is 5.69 Å². The number of nitrogens with one attached hydrogen (secondary N) is 1. The Bertz CT molecular complexity index is 493. The zero-order chi connectivity index (χ0) is 14.7. The van der Waals surface area contributed by atoms with Crippen LogP contribution in [0.4, 0.5) is 17.1 Å². The van der Waals surface area contributed by atoms with E-state index in [0.29, 0.717) is 5.92 Å². The van der Waals surface area contributed by atoms with E-state index in [9.17, 15) is 10.1 Å². The lowest BCUT2D eigenvalue weighted by atomic mass is 9.95. The van der Waals surface area contributed by atoms with E-state index in [1.165, 1.54) is 0 Å². The van der Waals surface area contributed by atoms with Gasteiger partial charge in [-0.15, -0.1) is 0 Å². The van der Waals surface area contributed by atoms with Crippen molar-refractivity contribution in [2.24, 2.45) is 5.92 Å². The molecule has 0 aliphatic carbocycles. The number of nitrogens with zero attached hydrogens (tertiary/aromatic N) is 2. The molecule has 1 saturated heterocycles. The van der Waals surface area contributed by atoms with Crippen LogP contribution in [0.1, 0.15) is 13.3 Å². The Morgan fingerprint density at radius 2 is 2.20 bits per heavy atom. The van der Waals surface area contributed by atoms with Crippen molar-refractivity contribution in [3.8, 4) is 0 Å². The summed E-state index contributed by atoms with van der Waals surface area (Å²) in [6.45, 7) is 3.84. The predicted molar refractivity (Wildman–Crippen MR) is 79.4 cm³/mol. The van der Waals surface area contributed by atoms with Crippen LogP contribution in [0.15, 0.2) is 18.2 Å². The van der Waals surface area contributed by atoms with Gasteiger partial charge in [0.2, 0.25) is 0 Å². The quantitative estimate of drug-likeness (QED) is 0.677. The van der Waals surface area contributed by atoms with Crippen molar-refractivity contribution >= 4 is 17.1 Å². The zero-order valence-electron chi connectivity index (χ0n) is 12.1. The van der Waals surface area contributed by atoms with E-state index in [-0.39, 0.29) is 16.7 Å². The van der Waals surface area contributed by atoms with Crippen LogP contribution in [-0.2, 0) is 4.74 Å². The second-order valence-electron chi connectivity index (χ2n) is 5.23. The first-order chi connectivity index (χ1) is 9.55. The fourth-order valence-electron chi connectivity index (χ4n) is 2.60. The molecule has 1 heterocycles. The molecule has 110 valence electrons. The molecule has 2 atom stereocenters. The molecule has 6 nitrogen and oxygen atoms in total. The van der Waals surface area contributed by atoms with Crippen LogP contribution < -0.4 is 10.2 Å². The smallest absolute Gasteiger partial charge is 0.273 e. The Morgan fingerprint density at radius 1 is 1.45 bits per heavy atom. The Balaban J connectivity index is 2.27. The van der Waals surface area contributed by atoms with Gasteiger partial charge >= 0.3 is 0 Å². The number of methoxy groups -OCH3 is 1. The number of non-ortho nitro benzene ring substituents is 1. The van der Waals surface area contributed by atoms with Crippen LogP contribution in [0.2, 0.25) is 0 Å². The molecule has 1 aromatic rings. The summed E-state index contributed by atoms with van der Waals surface area (Å²) in [5.74, 6) is 0.513. The van der Waals surface area contributed by atoms with Gasteiger partial charge in [-0.3, -0.25) is 10.1 Å². The third-order valence-corrected chi connectivity index (χ3v) is 3.96. The first kappa shape index (κ1) is 14.6. The highest BCUT2D eigenvalue weighted by atomic mass is 16.6. The number of piperidine rings is 1. The predicted octanol–water partition coefficient (Wildman–Crippen LogP) is 2.50. The third kappa shape index (κ3) is 3.01. The average molecular weight is 279 g/mol. The molecule has 1 aromatic carbocycles. The summed E-state index contributed by atoms with van der Waals surface area (Å²) in [6, 6.07) is 5.11. The SMILES string of the molecule is CNc1cc(N2CCC(C)C(OC)C2)cc([N+](=O)[O-])c1. The summed E-state index contributed by atoms with van der Waals surface area (Å²) in [5, 5.41) is 14.0. The van der Waals surface area contributed by atoms with E-state index in [1.807, 2.05) is 6.07 Å². The van der Waals surface area contributed by atoms with Gasteiger partial charge in [0.05, 0.1) is 11.0 Å². The molecular weight excluding hydrogens is 258 g/mol. The van der Waals surface area contributed by atoms with E-state index in [2.05, 4.69) is 17.1 Å². The van der Waals surface area contributed by atoms with Gasteiger partial charge in [-0.1, -0.05) is 6.92 Å². The second-order valence-corrected chi connectivity index (χ2v) is 5.23. The monoisotopic (exact) mass is 279 g/mol. The van der Waals surface area contributed by atoms with Crippen LogP contribution in [-0.4, -0.2) is 38.3 Å². The van der Waals surface area contributed by atoms with Gasteiger partial charge in [-0.2, -0.15) is 0 Å². The van der Waals surface area contributed by atoms with E-state index >= 15 is 0 Å². The van der Waals surface area contributed by atoms with Crippen molar-refractivity contribution < 1.29 is 9.66 Å². The molecule has 0 spiro atoms. The molecule has 1 N–H and O–H groups in total. The van der Waals surface area contributed by atoms with Gasteiger partial charge in [0, 0.05) is 50.8 Å². The highest BCUT2D eigenvalue weighted by Crippen LogP contribution is 2.30. The summed E-state index contributed by atoms with van der Waals surface area (Å²) in [6.07, 6.45) is 1.19. The standard InChI is InChI=1S/C14H21N3O3/c1-10-4-5-16(9-14(10)20-3)12-6-11(15-2)7-13(8-12)17(18)19/h6-8,10,14-15H,4-5,9H2,1-3H3. The number of anilines is 2. The first-order valence-corrected chi connectivity index (χ1v) is 6.80. The minimum absolute atomic E-state index is 0.111. The molecule has 1 aliphatic rings. The van der Waals surface area contributed by atoms with Crippen molar-refractivity contribution in [3.63, 3.8) is 0 Å². The fourth-order valence-corrected chi connectivity index (χ4v) is 2.60. The Labute approximate surface area is 118 Å². The van der Waals surface area contributed by atoms with Gasteiger partial charge < -0.3 is 15.0 Å². The van der Waals surface area contributed by atoms with Gasteiger partial charge in [-0.25, -0.2) is 0 Å². The molecular formula is C14H21N3O3. The number of hydrogen-bond acceptors (Lipinski definition) is 5. The summed E-state index contributed by atoms with van der Waals surface area (Å²) >= 11 is 0.